The van der Waals surface area contributed by atoms with Crippen LogP contribution >= 0.6 is 0 Å². The lowest BCUT2D eigenvalue weighted by Gasteiger charge is -2.30. The van der Waals surface area contributed by atoms with Gasteiger partial charge in [-0.15, -0.1) is 0 Å². The highest BCUT2D eigenvalue weighted by Crippen LogP contribution is 2.33. The maximum absolute atomic E-state index is 7.43. The predicted molar refractivity (Wildman–Crippen MR) is 81.9 cm³/mol. The van der Waals surface area contributed by atoms with E-state index in [9.17, 15) is 0 Å². The molecule has 0 saturated carbocycles. The number of piperidine rings is 1. The van der Waals surface area contributed by atoms with Crippen LogP contribution in [0, 0.1) is 12.0 Å². The molecule has 2 nitrogen and oxygen atoms in total. The Labute approximate surface area is 117 Å². The van der Waals surface area contributed by atoms with Gasteiger partial charge in [-0.1, -0.05) is 38.5 Å². The summed E-state index contributed by atoms with van der Waals surface area (Å²) in [5, 5.41) is 0. The Morgan fingerprint density at radius 1 is 1.16 bits per heavy atom. The van der Waals surface area contributed by atoms with Gasteiger partial charge in [0.2, 0.25) is 5.69 Å². The molecular formula is C17H24N2. The van der Waals surface area contributed by atoms with Crippen LogP contribution in [-0.4, -0.2) is 13.1 Å². The maximum atomic E-state index is 7.43. The topological polar surface area (TPSA) is 7.60 Å². The zero-order valence-electron chi connectivity index (χ0n) is 12.4. The first-order valence-electron chi connectivity index (χ1n) is 7.25. The van der Waals surface area contributed by atoms with Gasteiger partial charge in [-0.25, -0.2) is 4.85 Å². The van der Waals surface area contributed by atoms with Crippen molar-refractivity contribution in [2.45, 2.75) is 46.5 Å². The summed E-state index contributed by atoms with van der Waals surface area (Å²) in [4.78, 5) is 6.12. The van der Waals surface area contributed by atoms with Crippen molar-refractivity contribution in [1.29, 1.82) is 0 Å². The van der Waals surface area contributed by atoms with Crippen LogP contribution in [0.15, 0.2) is 18.2 Å². The van der Waals surface area contributed by atoms with Crippen molar-refractivity contribution in [3.05, 3.63) is 35.2 Å². The van der Waals surface area contributed by atoms with E-state index in [0.29, 0.717) is 0 Å². The highest BCUT2D eigenvalue weighted by atomic mass is 15.1. The summed E-state index contributed by atoms with van der Waals surface area (Å²) in [6, 6.07) is 6.44. The van der Waals surface area contributed by atoms with E-state index in [1.54, 1.807) is 0 Å². The average Bonchev–Trinajstić information content (AvgIpc) is 2.37. The van der Waals surface area contributed by atoms with Gasteiger partial charge in [0.05, 0.1) is 6.57 Å². The predicted octanol–water partition coefficient (Wildman–Crippen LogP) is 4.82. The van der Waals surface area contributed by atoms with Crippen molar-refractivity contribution in [2.24, 2.45) is 5.41 Å². The Kier molecular flexibility index (Phi) is 4.14. The molecule has 1 aliphatic heterocycles. The summed E-state index contributed by atoms with van der Waals surface area (Å²) in [6.07, 6.45) is 4.85. The Morgan fingerprint density at radius 3 is 2.42 bits per heavy atom. The van der Waals surface area contributed by atoms with Gasteiger partial charge in [-0.2, -0.15) is 0 Å². The molecule has 1 aromatic carbocycles. The average molecular weight is 256 g/mol. The maximum Gasteiger partial charge on any atom is 0.210 e. The standard InChI is InChI=1S/C17H24N2/c1-17(2,3)13-14-8-9-16(15(12-14)18-4)19-10-6-5-7-11-19/h8-9,12H,5-7,10-11,13H2,1-3H3. The van der Waals surface area contributed by atoms with Crippen LogP contribution in [0.1, 0.15) is 45.6 Å². The molecule has 0 aliphatic carbocycles. The molecule has 1 heterocycles. The SMILES string of the molecule is [C-]#[N+]c1cc(CC(C)(C)C)ccc1N1CCCCC1. The van der Waals surface area contributed by atoms with E-state index in [2.05, 4.69) is 48.7 Å². The zero-order chi connectivity index (χ0) is 13.9. The summed E-state index contributed by atoms with van der Waals surface area (Å²) in [6.45, 7) is 16.3. The molecule has 1 fully saturated rings. The third-order valence-electron chi connectivity index (χ3n) is 3.59. The summed E-state index contributed by atoms with van der Waals surface area (Å²) in [5.74, 6) is 0. The van der Waals surface area contributed by atoms with E-state index in [4.69, 9.17) is 6.57 Å². The second-order valence-corrected chi connectivity index (χ2v) is 6.72. The first-order chi connectivity index (χ1) is 8.99. The Balaban J connectivity index is 2.24. The number of hydrogen-bond acceptors (Lipinski definition) is 1. The van der Waals surface area contributed by atoms with Gasteiger partial charge in [0.25, 0.3) is 0 Å². The molecule has 102 valence electrons. The van der Waals surface area contributed by atoms with Gasteiger partial charge < -0.3 is 4.90 Å². The molecule has 1 aromatic rings. The van der Waals surface area contributed by atoms with E-state index in [0.717, 1.165) is 30.9 Å². The smallest absolute Gasteiger partial charge is 0.210 e. The zero-order valence-corrected chi connectivity index (χ0v) is 12.4. The quantitative estimate of drug-likeness (QED) is 0.689. The van der Waals surface area contributed by atoms with E-state index in [1.165, 1.54) is 24.8 Å². The van der Waals surface area contributed by atoms with Crippen molar-refractivity contribution in [2.75, 3.05) is 18.0 Å². The lowest BCUT2D eigenvalue weighted by Crippen LogP contribution is -2.29. The summed E-state index contributed by atoms with van der Waals surface area (Å²) in [7, 11) is 0. The van der Waals surface area contributed by atoms with E-state index >= 15 is 0 Å². The van der Waals surface area contributed by atoms with Crippen LogP contribution in [0.5, 0.6) is 0 Å². The fourth-order valence-corrected chi connectivity index (χ4v) is 2.78. The molecule has 0 bridgehead atoms. The van der Waals surface area contributed by atoms with Gasteiger partial charge in [0.1, 0.15) is 0 Å². The van der Waals surface area contributed by atoms with Crippen molar-refractivity contribution in [3.8, 4) is 0 Å². The monoisotopic (exact) mass is 256 g/mol. The van der Waals surface area contributed by atoms with Gasteiger partial charge >= 0.3 is 0 Å². The van der Waals surface area contributed by atoms with Crippen LogP contribution < -0.4 is 4.90 Å². The van der Waals surface area contributed by atoms with Crippen molar-refractivity contribution >= 4 is 11.4 Å². The minimum absolute atomic E-state index is 0.270. The molecule has 1 aliphatic rings. The molecular weight excluding hydrogens is 232 g/mol. The van der Waals surface area contributed by atoms with E-state index in [1.807, 2.05) is 0 Å². The molecule has 2 heteroatoms. The molecule has 19 heavy (non-hydrogen) atoms. The summed E-state index contributed by atoms with van der Waals surface area (Å²) >= 11 is 0. The van der Waals surface area contributed by atoms with Gasteiger partial charge in [0.15, 0.2) is 0 Å². The largest absolute Gasteiger partial charge is 0.380 e. The second-order valence-electron chi connectivity index (χ2n) is 6.72. The van der Waals surface area contributed by atoms with Crippen LogP contribution in [0.3, 0.4) is 0 Å². The van der Waals surface area contributed by atoms with E-state index < -0.39 is 0 Å². The Bertz CT molecular complexity index is 471. The van der Waals surface area contributed by atoms with Crippen LogP contribution in [0.4, 0.5) is 11.4 Å². The molecule has 0 spiro atoms. The molecule has 0 N–H and O–H groups in total. The van der Waals surface area contributed by atoms with Crippen LogP contribution in [0.25, 0.3) is 4.85 Å². The first-order valence-corrected chi connectivity index (χ1v) is 7.25. The lowest BCUT2D eigenvalue weighted by atomic mass is 9.88. The summed E-state index contributed by atoms with van der Waals surface area (Å²) < 4.78 is 0. The molecule has 0 amide bonds. The first kappa shape index (κ1) is 13.9. The fourth-order valence-electron chi connectivity index (χ4n) is 2.78. The molecule has 2 rings (SSSR count). The van der Waals surface area contributed by atoms with Gasteiger partial charge in [-0.05, 0) is 37.2 Å². The molecule has 0 unspecified atom stereocenters. The van der Waals surface area contributed by atoms with Crippen LogP contribution in [-0.2, 0) is 6.42 Å². The van der Waals surface area contributed by atoms with Crippen molar-refractivity contribution in [1.82, 2.24) is 0 Å². The normalized spacial score (nSPS) is 16.2. The highest BCUT2D eigenvalue weighted by molar-refractivity contribution is 5.72. The number of benzene rings is 1. The van der Waals surface area contributed by atoms with Gasteiger partial charge in [0, 0.05) is 18.8 Å². The Morgan fingerprint density at radius 2 is 1.84 bits per heavy atom. The molecule has 0 atom stereocenters. The van der Waals surface area contributed by atoms with E-state index in [-0.39, 0.29) is 5.41 Å². The number of anilines is 1. The van der Waals surface area contributed by atoms with Gasteiger partial charge in [-0.3, -0.25) is 0 Å². The second kappa shape index (κ2) is 5.65. The molecule has 0 aromatic heterocycles. The molecule has 1 saturated heterocycles. The van der Waals surface area contributed by atoms with Crippen LogP contribution in [0.2, 0.25) is 0 Å². The lowest BCUT2D eigenvalue weighted by molar-refractivity contribution is 0.411. The number of hydrogen-bond donors (Lipinski definition) is 0. The third kappa shape index (κ3) is 3.73. The fraction of sp³-hybridized carbons (Fsp3) is 0.588. The minimum atomic E-state index is 0.270. The Hall–Kier alpha value is -1.49. The molecule has 0 radical (unpaired) electrons. The summed E-state index contributed by atoms with van der Waals surface area (Å²) in [5.41, 5.74) is 3.50. The highest BCUT2D eigenvalue weighted by Gasteiger charge is 2.17. The third-order valence-corrected chi connectivity index (χ3v) is 3.59. The minimum Gasteiger partial charge on any atom is -0.380 e. The van der Waals surface area contributed by atoms with Crippen molar-refractivity contribution < 1.29 is 0 Å². The number of nitrogens with zero attached hydrogens (tertiary/aromatic N) is 2. The number of rotatable bonds is 2. The van der Waals surface area contributed by atoms with Crippen molar-refractivity contribution in [3.63, 3.8) is 0 Å².